The van der Waals surface area contributed by atoms with Gasteiger partial charge in [-0.25, -0.2) is 4.68 Å². The van der Waals surface area contributed by atoms with Crippen LogP contribution in [0.4, 0.5) is 0 Å². The first-order chi connectivity index (χ1) is 11.6. The third-order valence-electron chi connectivity index (χ3n) is 4.46. The minimum Gasteiger partial charge on any atom is -0.337 e. The van der Waals surface area contributed by atoms with E-state index in [9.17, 15) is 4.79 Å². The van der Waals surface area contributed by atoms with Crippen LogP contribution in [0, 0.1) is 0 Å². The highest BCUT2D eigenvalue weighted by molar-refractivity contribution is 6.30. The van der Waals surface area contributed by atoms with Gasteiger partial charge in [0.1, 0.15) is 0 Å². The number of hydrogen-bond acceptors (Lipinski definition) is 5. The summed E-state index contributed by atoms with van der Waals surface area (Å²) in [6.45, 7) is 5.22. The fraction of sp³-hybridized carbons (Fsp3) is 0.500. The minimum atomic E-state index is 0.0346. The predicted octanol–water partition coefficient (Wildman–Crippen LogP) is 1.77. The van der Waals surface area contributed by atoms with Gasteiger partial charge in [0.15, 0.2) is 5.82 Å². The van der Waals surface area contributed by atoms with Crippen LogP contribution < -0.4 is 0 Å². The first-order valence-corrected chi connectivity index (χ1v) is 8.45. The summed E-state index contributed by atoms with van der Waals surface area (Å²) in [6, 6.07) is 7.24. The molecule has 1 amide bonds. The van der Waals surface area contributed by atoms with Crippen LogP contribution in [0.5, 0.6) is 0 Å². The number of tetrazole rings is 1. The van der Waals surface area contributed by atoms with E-state index in [1.807, 2.05) is 24.1 Å². The summed E-state index contributed by atoms with van der Waals surface area (Å²) >= 11 is 6.00. The Balaban J connectivity index is 1.67. The molecule has 0 saturated carbocycles. The Morgan fingerprint density at radius 2 is 2.08 bits per heavy atom. The van der Waals surface area contributed by atoms with E-state index in [1.165, 1.54) is 0 Å². The zero-order chi connectivity index (χ0) is 17.1. The van der Waals surface area contributed by atoms with E-state index in [1.54, 1.807) is 16.8 Å². The third kappa shape index (κ3) is 3.57. The van der Waals surface area contributed by atoms with Crippen molar-refractivity contribution in [3.63, 3.8) is 0 Å². The molecule has 0 radical (unpaired) electrons. The smallest absolute Gasteiger partial charge is 0.253 e. The average Bonchev–Trinajstić information content (AvgIpc) is 2.85. The second kappa shape index (κ2) is 7.27. The average molecular weight is 349 g/mol. The largest absolute Gasteiger partial charge is 0.337 e. The first-order valence-electron chi connectivity index (χ1n) is 8.07. The Morgan fingerprint density at radius 3 is 2.79 bits per heavy atom. The number of carbonyl (C=O) groups excluding carboxylic acids is 1. The van der Waals surface area contributed by atoms with Crippen LogP contribution >= 0.6 is 11.6 Å². The van der Waals surface area contributed by atoms with Crippen molar-refractivity contribution in [1.29, 1.82) is 0 Å². The quantitative estimate of drug-likeness (QED) is 0.845. The van der Waals surface area contributed by atoms with Gasteiger partial charge < -0.3 is 4.90 Å². The van der Waals surface area contributed by atoms with Crippen LogP contribution in [0.2, 0.25) is 5.02 Å². The molecular formula is C16H21ClN6O. The Bertz CT molecular complexity index is 718. The number of aryl methyl sites for hydroxylation is 1. The molecule has 1 fully saturated rings. The second-order valence-electron chi connectivity index (χ2n) is 6.03. The van der Waals surface area contributed by atoms with Gasteiger partial charge in [-0.2, -0.15) is 0 Å². The predicted molar refractivity (Wildman–Crippen MR) is 90.8 cm³/mol. The number of benzene rings is 1. The molecule has 7 nitrogen and oxygen atoms in total. The monoisotopic (exact) mass is 348 g/mol. The van der Waals surface area contributed by atoms with E-state index in [2.05, 4.69) is 27.3 Å². The van der Waals surface area contributed by atoms with Gasteiger partial charge in [0.05, 0.1) is 6.04 Å². The van der Waals surface area contributed by atoms with Crippen LogP contribution in [0.25, 0.3) is 0 Å². The molecule has 0 aliphatic carbocycles. The van der Waals surface area contributed by atoms with E-state index < -0.39 is 0 Å². The molecule has 1 aromatic heterocycles. The molecule has 0 bridgehead atoms. The van der Waals surface area contributed by atoms with Crippen molar-refractivity contribution < 1.29 is 4.79 Å². The van der Waals surface area contributed by atoms with Gasteiger partial charge >= 0.3 is 0 Å². The maximum absolute atomic E-state index is 12.7. The topological polar surface area (TPSA) is 67.2 Å². The van der Waals surface area contributed by atoms with E-state index >= 15 is 0 Å². The van der Waals surface area contributed by atoms with Gasteiger partial charge in [0.2, 0.25) is 0 Å². The Hall–Kier alpha value is -1.99. The Kier molecular flexibility index (Phi) is 5.11. The number of nitrogens with zero attached hydrogens (tertiary/aromatic N) is 6. The molecule has 1 aliphatic heterocycles. The molecule has 0 unspecified atom stereocenters. The zero-order valence-electron chi connectivity index (χ0n) is 13.9. The lowest BCUT2D eigenvalue weighted by Gasteiger charge is -2.26. The maximum Gasteiger partial charge on any atom is 0.253 e. The molecule has 3 rings (SSSR count). The number of rotatable bonds is 3. The van der Waals surface area contributed by atoms with Crippen molar-refractivity contribution in [2.24, 2.45) is 7.05 Å². The van der Waals surface area contributed by atoms with Gasteiger partial charge in [-0.15, -0.1) is 5.10 Å². The van der Waals surface area contributed by atoms with Crippen molar-refractivity contribution >= 4 is 17.5 Å². The molecule has 1 saturated heterocycles. The van der Waals surface area contributed by atoms with E-state index in [0.717, 1.165) is 31.9 Å². The highest BCUT2D eigenvalue weighted by atomic mass is 35.5. The van der Waals surface area contributed by atoms with Crippen molar-refractivity contribution in [3.05, 3.63) is 40.7 Å². The first kappa shape index (κ1) is 16.9. The van der Waals surface area contributed by atoms with Crippen molar-refractivity contribution in [2.75, 3.05) is 26.2 Å². The van der Waals surface area contributed by atoms with Gasteiger partial charge in [-0.05, 0) is 42.0 Å². The summed E-state index contributed by atoms with van der Waals surface area (Å²) in [4.78, 5) is 16.9. The molecule has 8 heteroatoms. The summed E-state index contributed by atoms with van der Waals surface area (Å²) in [7, 11) is 1.85. The molecule has 2 aromatic rings. The van der Waals surface area contributed by atoms with Gasteiger partial charge in [0.25, 0.3) is 5.91 Å². The molecule has 1 aliphatic rings. The molecule has 24 heavy (non-hydrogen) atoms. The maximum atomic E-state index is 12.7. The summed E-state index contributed by atoms with van der Waals surface area (Å²) in [6.07, 6.45) is 0.919. The van der Waals surface area contributed by atoms with Crippen LogP contribution in [0.1, 0.15) is 35.6 Å². The van der Waals surface area contributed by atoms with Gasteiger partial charge in [-0.1, -0.05) is 17.7 Å². The van der Waals surface area contributed by atoms with Crippen molar-refractivity contribution in [2.45, 2.75) is 19.4 Å². The standard InChI is InChI=1S/C16H21ClN6O/c1-12(15-18-19-20-21(15)2)22-7-4-8-23(10-9-22)16(24)13-5-3-6-14(17)11-13/h3,5-6,11-12H,4,7-10H2,1-2H3/t12-/m1/s1. The lowest BCUT2D eigenvalue weighted by atomic mass is 10.2. The minimum absolute atomic E-state index is 0.0346. The van der Waals surface area contributed by atoms with Gasteiger partial charge in [0, 0.05) is 43.8 Å². The summed E-state index contributed by atoms with van der Waals surface area (Å²) in [5.74, 6) is 0.872. The van der Waals surface area contributed by atoms with Crippen LogP contribution in [0.3, 0.4) is 0 Å². The molecule has 0 spiro atoms. The highest BCUT2D eigenvalue weighted by Crippen LogP contribution is 2.20. The highest BCUT2D eigenvalue weighted by Gasteiger charge is 2.25. The van der Waals surface area contributed by atoms with Crippen LogP contribution in [-0.4, -0.2) is 62.1 Å². The zero-order valence-corrected chi connectivity index (χ0v) is 14.6. The lowest BCUT2D eigenvalue weighted by molar-refractivity contribution is 0.0758. The number of aromatic nitrogens is 4. The normalized spacial score (nSPS) is 17.5. The second-order valence-corrected chi connectivity index (χ2v) is 6.47. The van der Waals surface area contributed by atoms with Gasteiger partial charge in [-0.3, -0.25) is 9.69 Å². The molecule has 128 valence electrons. The number of hydrogen-bond donors (Lipinski definition) is 0. The Labute approximate surface area is 146 Å². The SMILES string of the molecule is C[C@H](c1nnnn1C)N1CCCN(C(=O)c2cccc(Cl)c2)CC1. The fourth-order valence-electron chi connectivity index (χ4n) is 3.09. The summed E-state index contributed by atoms with van der Waals surface area (Å²) in [5, 5.41) is 12.3. The lowest BCUT2D eigenvalue weighted by Crippen LogP contribution is -2.36. The summed E-state index contributed by atoms with van der Waals surface area (Å²) < 4.78 is 1.70. The molecule has 2 heterocycles. The Morgan fingerprint density at radius 1 is 1.25 bits per heavy atom. The molecule has 1 atom stereocenters. The van der Waals surface area contributed by atoms with E-state index in [0.29, 0.717) is 17.1 Å². The van der Waals surface area contributed by atoms with E-state index in [4.69, 9.17) is 11.6 Å². The summed E-state index contributed by atoms with van der Waals surface area (Å²) in [5.41, 5.74) is 0.640. The van der Waals surface area contributed by atoms with Crippen molar-refractivity contribution in [1.82, 2.24) is 30.0 Å². The number of halogens is 1. The fourth-order valence-corrected chi connectivity index (χ4v) is 3.28. The van der Waals surface area contributed by atoms with E-state index in [-0.39, 0.29) is 11.9 Å². The molecule has 0 N–H and O–H groups in total. The number of carbonyl (C=O) groups is 1. The van der Waals surface area contributed by atoms with Crippen LogP contribution in [-0.2, 0) is 7.05 Å². The third-order valence-corrected chi connectivity index (χ3v) is 4.70. The van der Waals surface area contributed by atoms with Crippen molar-refractivity contribution in [3.8, 4) is 0 Å². The molecule has 1 aromatic carbocycles. The number of amides is 1. The molecular weight excluding hydrogens is 328 g/mol. The van der Waals surface area contributed by atoms with Crippen LogP contribution in [0.15, 0.2) is 24.3 Å².